The van der Waals surface area contributed by atoms with Crippen LogP contribution in [-0.4, -0.2) is 35.0 Å². The van der Waals surface area contributed by atoms with Gasteiger partial charge in [0.05, 0.1) is 4.92 Å². The van der Waals surface area contributed by atoms with Crippen LogP contribution in [0.2, 0.25) is 0 Å². The number of nitro benzene ring substituents is 1. The number of benzene rings is 1. The van der Waals surface area contributed by atoms with Crippen molar-refractivity contribution in [1.29, 1.82) is 0 Å². The van der Waals surface area contributed by atoms with Crippen molar-refractivity contribution in [2.24, 2.45) is 0 Å². The predicted octanol–water partition coefficient (Wildman–Crippen LogP) is 2.20. The highest BCUT2D eigenvalue weighted by atomic mass is 35.5. The molecule has 2 atom stereocenters. The van der Waals surface area contributed by atoms with Gasteiger partial charge in [-0.1, -0.05) is 18.2 Å². The normalized spacial score (nSPS) is 23.7. The predicted molar refractivity (Wildman–Crippen MR) is 77.7 cm³/mol. The average molecular weight is 286 g/mol. The molecular weight excluding hydrogens is 266 g/mol. The van der Waals surface area contributed by atoms with Crippen LogP contribution in [-0.2, 0) is 6.54 Å². The van der Waals surface area contributed by atoms with Gasteiger partial charge in [0.2, 0.25) is 0 Å². The van der Waals surface area contributed by atoms with Gasteiger partial charge >= 0.3 is 0 Å². The van der Waals surface area contributed by atoms with E-state index in [4.69, 9.17) is 0 Å². The van der Waals surface area contributed by atoms with Crippen molar-refractivity contribution in [2.45, 2.75) is 32.5 Å². The lowest BCUT2D eigenvalue weighted by Gasteiger charge is -2.36. The standard InChI is InChI=1S/C13H19N3O2.ClH/c1-10-7-15(8-11(2)14-10)9-12-5-3-4-6-13(12)16(17)18;/h3-6,10-11,14H,7-9H2,1-2H3;1H. The van der Waals surface area contributed by atoms with Crippen LogP contribution in [0.25, 0.3) is 0 Å². The third-order valence-corrected chi connectivity index (χ3v) is 3.22. The highest BCUT2D eigenvalue weighted by Gasteiger charge is 2.23. The van der Waals surface area contributed by atoms with Crippen molar-refractivity contribution >= 4 is 18.1 Å². The van der Waals surface area contributed by atoms with Crippen LogP contribution in [0.4, 0.5) is 5.69 Å². The van der Waals surface area contributed by atoms with E-state index in [0.717, 1.165) is 18.7 Å². The van der Waals surface area contributed by atoms with Gasteiger partial charge in [-0.2, -0.15) is 0 Å². The zero-order valence-corrected chi connectivity index (χ0v) is 12.0. The van der Waals surface area contributed by atoms with Gasteiger partial charge in [0.25, 0.3) is 5.69 Å². The summed E-state index contributed by atoms with van der Waals surface area (Å²) in [6, 6.07) is 7.84. The summed E-state index contributed by atoms with van der Waals surface area (Å²) in [4.78, 5) is 12.9. The minimum atomic E-state index is -0.301. The number of piperazine rings is 1. The maximum absolute atomic E-state index is 11.0. The second-order valence-corrected chi connectivity index (χ2v) is 5.05. The summed E-state index contributed by atoms with van der Waals surface area (Å²) in [6.07, 6.45) is 0. The Labute approximate surface area is 119 Å². The van der Waals surface area contributed by atoms with Gasteiger partial charge in [0.15, 0.2) is 0 Å². The third-order valence-electron chi connectivity index (χ3n) is 3.22. The monoisotopic (exact) mass is 285 g/mol. The lowest BCUT2D eigenvalue weighted by molar-refractivity contribution is -0.385. The number of para-hydroxylation sites is 1. The first kappa shape index (κ1) is 15.9. The van der Waals surface area contributed by atoms with Gasteiger partial charge in [-0.3, -0.25) is 15.0 Å². The van der Waals surface area contributed by atoms with Crippen LogP contribution in [0.15, 0.2) is 24.3 Å². The Balaban J connectivity index is 0.00000180. The minimum absolute atomic E-state index is 0. The van der Waals surface area contributed by atoms with Gasteiger partial charge < -0.3 is 5.32 Å². The third kappa shape index (κ3) is 4.16. The van der Waals surface area contributed by atoms with Crippen molar-refractivity contribution in [3.63, 3.8) is 0 Å². The topological polar surface area (TPSA) is 58.4 Å². The Morgan fingerprint density at radius 2 is 1.89 bits per heavy atom. The number of nitro groups is 1. The van der Waals surface area contributed by atoms with Crippen LogP contribution in [0.1, 0.15) is 19.4 Å². The zero-order chi connectivity index (χ0) is 13.1. The molecule has 2 rings (SSSR count). The molecule has 1 fully saturated rings. The summed E-state index contributed by atoms with van der Waals surface area (Å²) >= 11 is 0. The molecule has 1 saturated heterocycles. The molecule has 2 unspecified atom stereocenters. The maximum atomic E-state index is 11.0. The van der Waals surface area contributed by atoms with Gasteiger partial charge in [-0.15, -0.1) is 12.4 Å². The fourth-order valence-corrected chi connectivity index (χ4v) is 2.63. The Hall–Kier alpha value is -1.17. The minimum Gasteiger partial charge on any atom is -0.309 e. The number of nitrogens with zero attached hydrogens (tertiary/aromatic N) is 2. The molecule has 0 amide bonds. The van der Waals surface area contributed by atoms with Gasteiger partial charge in [-0.25, -0.2) is 0 Å². The summed E-state index contributed by atoms with van der Waals surface area (Å²) in [7, 11) is 0. The molecule has 6 heteroatoms. The van der Waals surface area contributed by atoms with Crippen molar-refractivity contribution in [3.05, 3.63) is 39.9 Å². The van der Waals surface area contributed by atoms with E-state index in [9.17, 15) is 10.1 Å². The molecule has 1 aliphatic rings. The van der Waals surface area contributed by atoms with Crippen LogP contribution in [0.3, 0.4) is 0 Å². The summed E-state index contributed by atoms with van der Waals surface area (Å²) < 4.78 is 0. The summed E-state index contributed by atoms with van der Waals surface area (Å²) in [5, 5.41) is 14.4. The molecule has 106 valence electrons. The van der Waals surface area contributed by atoms with Crippen molar-refractivity contribution in [2.75, 3.05) is 13.1 Å². The second-order valence-electron chi connectivity index (χ2n) is 5.05. The molecule has 5 nitrogen and oxygen atoms in total. The molecule has 0 bridgehead atoms. The van der Waals surface area contributed by atoms with Crippen LogP contribution >= 0.6 is 12.4 Å². The molecule has 0 radical (unpaired) electrons. The van der Waals surface area contributed by atoms with Crippen molar-refractivity contribution < 1.29 is 4.92 Å². The molecule has 19 heavy (non-hydrogen) atoms. The first-order valence-corrected chi connectivity index (χ1v) is 6.27. The smallest absolute Gasteiger partial charge is 0.273 e. The number of hydrogen-bond acceptors (Lipinski definition) is 4. The summed E-state index contributed by atoms with van der Waals surface area (Å²) in [5.41, 5.74) is 1.01. The lowest BCUT2D eigenvalue weighted by Crippen LogP contribution is -2.53. The second kappa shape index (κ2) is 6.84. The van der Waals surface area contributed by atoms with Crippen molar-refractivity contribution in [3.8, 4) is 0 Å². The number of nitrogens with one attached hydrogen (secondary N) is 1. The first-order valence-electron chi connectivity index (χ1n) is 6.27. The summed E-state index contributed by atoms with van der Waals surface area (Å²) in [6.45, 7) is 6.78. The zero-order valence-electron chi connectivity index (χ0n) is 11.2. The molecule has 0 saturated carbocycles. The van der Waals surface area contributed by atoms with Gasteiger partial charge in [0.1, 0.15) is 0 Å². The Bertz CT molecular complexity index is 432. The van der Waals surface area contributed by atoms with E-state index in [1.807, 2.05) is 12.1 Å². The van der Waals surface area contributed by atoms with E-state index in [1.54, 1.807) is 12.1 Å². The number of rotatable bonds is 3. The van der Waals surface area contributed by atoms with E-state index in [1.165, 1.54) is 0 Å². The highest BCUT2D eigenvalue weighted by Crippen LogP contribution is 2.20. The molecule has 0 aromatic heterocycles. The van der Waals surface area contributed by atoms with E-state index in [2.05, 4.69) is 24.1 Å². The van der Waals surface area contributed by atoms with Crippen LogP contribution in [0, 0.1) is 10.1 Å². The van der Waals surface area contributed by atoms with E-state index in [-0.39, 0.29) is 23.0 Å². The number of hydrogen-bond donors (Lipinski definition) is 1. The molecule has 1 aliphatic heterocycles. The fraction of sp³-hybridized carbons (Fsp3) is 0.538. The SMILES string of the molecule is CC1CN(Cc2ccccc2[N+](=O)[O-])CC(C)N1.Cl. The Morgan fingerprint density at radius 3 is 2.47 bits per heavy atom. The lowest BCUT2D eigenvalue weighted by atomic mass is 10.1. The van der Waals surface area contributed by atoms with Crippen LogP contribution < -0.4 is 5.32 Å². The molecule has 1 aromatic rings. The molecule has 1 N–H and O–H groups in total. The quantitative estimate of drug-likeness (QED) is 0.683. The summed E-state index contributed by atoms with van der Waals surface area (Å²) in [5.74, 6) is 0. The molecule has 0 spiro atoms. The highest BCUT2D eigenvalue weighted by molar-refractivity contribution is 5.85. The van der Waals surface area contributed by atoms with Crippen molar-refractivity contribution in [1.82, 2.24) is 10.2 Å². The average Bonchev–Trinajstić information content (AvgIpc) is 2.27. The molecule has 0 aliphatic carbocycles. The van der Waals surface area contributed by atoms with E-state index in [0.29, 0.717) is 18.6 Å². The Kier molecular flexibility index (Phi) is 5.72. The van der Waals surface area contributed by atoms with E-state index >= 15 is 0 Å². The largest absolute Gasteiger partial charge is 0.309 e. The molecule has 1 heterocycles. The van der Waals surface area contributed by atoms with Crippen LogP contribution in [0.5, 0.6) is 0 Å². The fourth-order valence-electron chi connectivity index (χ4n) is 2.63. The maximum Gasteiger partial charge on any atom is 0.273 e. The Morgan fingerprint density at radius 1 is 1.32 bits per heavy atom. The van der Waals surface area contributed by atoms with Gasteiger partial charge in [0, 0.05) is 43.3 Å². The number of halogens is 1. The van der Waals surface area contributed by atoms with Gasteiger partial charge in [-0.05, 0) is 13.8 Å². The van der Waals surface area contributed by atoms with E-state index < -0.39 is 0 Å². The molecular formula is C13H20ClN3O2. The first-order chi connectivity index (χ1) is 8.56. The molecule has 1 aromatic carbocycles.